The summed E-state index contributed by atoms with van der Waals surface area (Å²) in [6, 6.07) is 20.3. The van der Waals surface area contributed by atoms with E-state index in [-0.39, 0.29) is 5.91 Å². The molecule has 0 radical (unpaired) electrons. The van der Waals surface area contributed by atoms with Crippen molar-refractivity contribution in [2.24, 2.45) is 0 Å². The van der Waals surface area contributed by atoms with E-state index in [1.54, 1.807) is 0 Å². The van der Waals surface area contributed by atoms with E-state index < -0.39 is 0 Å². The van der Waals surface area contributed by atoms with Gasteiger partial charge in [-0.15, -0.1) is 0 Å². The molecule has 0 N–H and O–H groups in total. The molecular formula is C22H24N4O. The standard InChI is InChI=1S/C22H24N4O/c1-24(2)20-10-6-9-18(14-20)22(27)25-11-12-26-21(16-25)15-19(23-26)13-17-7-4-3-5-8-17/h3-10,14-15H,11-13,16H2,1-2H3. The Labute approximate surface area is 159 Å². The van der Waals surface area contributed by atoms with Crippen LogP contribution in [-0.4, -0.2) is 41.2 Å². The van der Waals surface area contributed by atoms with Crippen LogP contribution >= 0.6 is 0 Å². The molecule has 27 heavy (non-hydrogen) atoms. The summed E-state index contributed by atoms with van der Waals surface area (Å²) in [6.07, 6.45) is 0.819. The quantitative estimate of drug-likeness (QED) is 0.717. The Balaban J connectivity index is 1.49. The average Bonchev–Trinajstić information content (AvgIpc) is 3.09. The molecule has 0 saturated heterocycles. The fraction of sp³-hybridized carbons (Fsp3) is 0.273. The van der Waals surface area contributed by atoms with Crippen molar-refractivity contribution < 1.29 is 4.79 Å². The monoisotopic (exact) mass is 360 g/mol. The van der Waals surface area contributed by atoms with Crippen molar-refractivity contribution >= 4 is 11.6 Å². The van der Waals surface area contributed by atoms with Gasteiger partial charge in [0.25, 0.3) is 5.91 Å². The maximum atomic E-state index is 13.0. The van der Waals surface area contributed by atoms with E-state index in [0.717, 1.165) is 35.6 Å². The van der Waals surface area contributed by atoms with Gasteiger partial charge in [-0.25, -0.2) is 0 Å². The van der Waals surface area contributed by atoms with Crippen LogP contribution in [0.3, 0.4) is 0 Å². The Hall–Kier alpha value is -3.08. The minimum atomic E-state index is 0.0794. The SMILES string of the molecule is CN(C)c1cccc(C(=O)N2CCn3nc(Cc4ccccc4)cc3C2)c1. The Kier molecular flexibility index (Phi) is 4.67. The van der Waals surface area contributed by atoms with Gasteiger partial charge in [0, 0.05) is 38.3 Å². The molecule has 1 amide bonds. The first-order valence-corrected chi connectivity index (χ1v) is 9.26. The van der Waals surface area contributed by atoms with Crippen LogP contribution in [0.4, 0.5) is 5.69 Å². The van der Waals surface area contributed by atoms with Crippen LogP contribution in [0.15, 0.2) is 60.7 Å². The summed E-state index contributed by atoms with van der Waals surface area (Å²) in [7, 11) is 3.97. The Bertz CT molecular complexity index is 946. The second kappa shape index (κ2) is 7.27. The van der Waals surface area contributed by atoms with Gasteiger partial charge in [0.1, 0.15) is 0 Å². The summed E-state index contributed by atoms with van der Waals surface area (Å²) >= 11 is 0. The molecule has 0 saturated carbocycles. The molecule has 0 spiro atoms. The van der Waals surface area contributed by atoms with E-state index >= 15 is 0 Å². The van der Waals surface area contributed by atoms with Gasteiger partial charge in [-0.05, 0) is 29.8 Å². The van der Waals surface area contributed by atoms with Gasteiger partial charge < -0.3 is 9.80 Å². The van der Waals surface area contributed by atoms with Crippen molar-refractivity contribution in [1.82, 2.24) is 14.7 Å². The third-order valence-corrected chi connectivity index (χ3v) is 4.97. The van der Waals surface area contributed by atoms with Crippen LogP contribution in [0.1, 0.15) is 27.3 Å². The molecule has 2 aromatic carbocycles. The fourth-order valence-electron chi connectivity index (χ4n) is 3.49. The lowest BCUT2D eigenvalue weighted by Crippen LogP contribution is -2.38. The zero-order valence-electron chi connectivity index (χ0n) is 15.8. The minimum Gasteiger partial charge on any atom is -0.378 e. The zero-order chi connectivity index (χ0) is 18.8. The van der Waals surface area contributed by atoms with Crippen LogP contribution < -0.4 is 4.90 Å². The highest BCUT2D eigenvalue weighted by molar-refractivity contribution is 5.95. The summed E-state index contributed by atoms with van der Waals surface area (Å²) in [5, 5.41) is 4.72. The summed E-state index contributed by atoms with van der Waals surface area (Å²) in [5.41, 5.74) is 5.18. The molecule has 0 aliphatic carbocycles. The molecule has 5 nitrogen and oxygen atoms in total. The second-order valence-electron chi connectivity index (χ2n) is 7.18. The molecular weight excluding hydrogens is 336 g/mol. The van der Waals surface area contributed by atoms with E-state index in [9.17, 15) is 4.79 Å². The van der Waals surface area contributed by atoms with E-state index in [2.05, 4.69) is 18.2 Å². The van der Waals surface area contributed by atoms with Gasteiger partial charge in [0.05, 0.1) is 24.5 Å². The van der Waals surface area contributed by atoms with Crippen LogP contribution in [0, 0.1) is 0 Å². The van der Waals surface area contributed by atoms with Crippen LogP contribution in [-0.2, 0) is 19.5 Å². The first kappa shape index (κ1) is 17.3. The van der Waals surface area contributed by atoms with Crippen molar-refractivity contribution in [2.75, 3.05) is 25.5 Å². The number of nitrogens with zero attached hydrogens (tertiary/aromatic N) is 4. The number of benzene rings is 2. The fourth-order valence-corrected chi connectivity index (χ4v) is 3.49. The van der Waals surface area contributed by atoms with Gasteiger partial charge in [-0.1, -0.05) is 36.4 Å². The lowest BCUT2D eigenvalue weighted by atomic mass is 10.1. The number of carbonyl (C=O) groups is 1. The number of carbonyl (C=O) groups excluding carboxylic acids is 1. The predicted octanol–water partition coefficient (Wildman–Crippen LogP) is 3.20. The van der Waals surface area contributed by atoms with E-state index in [1.807, 2.05) is 71.0 Å². The van der Waals surface area contributed by atoms with Crippen LogP contribution in [0.5, 0.6) is 0 Å². The number of fused-ring (bicyclic) bond motifs is 1. The molecule has 138 valence electrons. The second-order valence-corrected chi connectivity index (χ2v) is 7.18. The number of rotatable bonds is 4. The summed E-state index contributed by atoms with van der Waals surface area (Å²) in [5.74, 6) is 0.0794. The highest BCUT2D eigenvalue weighted by Crippen LogP contribution is 2.20. The maximum absolute atomic E-state index is 13.0. The molecule has 0 bridgehead atoms. The summed E-state index contributed by atoms with van der Waals surface area (Å²) < 4.78 is 2.04. The number of anilines is 1. The van der Waals surface area contributed by atoms with E-state index in [0.29, 0.717) is 13.1 Å². The first-order chi connectivity index (χ1) is 13.1. The topological polar surface area (TPSA) is 41.4 Å². The largest absolute Gasteiger partial charge is 0.378 e. The number of hydrogen-bond acceptors (Lipinski definition) is 3. The molecule has 1 aliphatic heterocycles. The molecule has 1 aliphatic rings. The zero-order valence-corrected chi connectivity index (χ0v) is 15.8. The minimum absolute atomic E-state index is 0.0794. The van der Waals surface area contributed by atoms with Gasteiger partial charge in [-0.3, -0.25) is 9.48 Å². The number of hydrogen-bond donors (Lipinski definition) is 0. The Morgan fingerprint density at radius 1 is 1.04 bits per heavy atom. The molecule has 1 aromatic heterocycles. The maximum Gasteiger partial charge on any atom is 0.254 e. The van der Waals surface area contributed by atoms with Crippen molar-refractivity contribution in [2.45, 2.75) is 19.5 Å². The highest BCUT2D eigenvalue weighted by Gasteiger charge is 2.23. The van der Waals surface area contributed by atoms with E-state index in [1.165, 1.54) is 5.56 Å². The van der Waals surface area contributed by atoms with Crippen molar-refractivity contribution in [3.05, 3.63) is 83.2 Å². The van der Waals surface area contributed by atoms with Gasteiger partial charge >= 0.3 is 0 Å². The average molecular weight is 360 g/mol. The third kappa shape index (κ3) is 3.72. The Morgan fingerprint density at radius 2 is 1.85 bits per heavy atom. The lowest BCUT2D eigenvalue weighted by Gasteiger charge is -2.28. The third-order valence-electron chi connectivity index (χ3n) is 4.97. The van der Waals surface area contributed by atoms with Gasteiger partial charge in [0.2, 0.25) is 0 Å². The van der Waals surface area contributed by atoms with E-state index in [4.69, 9.17) is 5.10 Å². The van der Waals surface area contributed by atoms with Crippen molar-refractivity contribution in [3.8, 4) is 0 Å². The molecule has 3 aromatic rings. The molecule has 0 atom stereocenters. The predicted molar refractivity (Wildman–Crippen MR) is 107 cm³/mol. The van der Waals surface area contributed by atoms with Crippen LogP contribution in [0.25, 0.3) is 0 Å². The number of aromatic nitrogens is 2. The molecule has 5 heteroatoms. The van der Waals surface area contributed by atoms with Gasteiger partial charge in [-0.2, -0.15) is 5.10 Å². The summed E-state index contributed by atoms with van der Waals surface area (Å²) in [4.78, 5) is 16.9. The first-order valence-electron chi connectivity index (χ1n) is 9.26. The van der Waals surface area contributed by atoms with Crippen molar-refractivity contribution in [3.63, 3.8) is 0 Å². The Morgan fingerprint density at radius 3 is 2.63 bits per heavy atom. The normalized spacial score (nSPS) is 13.3. The summed E-state index contributed by atoms with van der Waals surface area (Å²) in [6.45, 7) is 2.03. The smallest absolute Gasteiger partial charge is 0.254 e. The van der Waals surface area contributed by atoms with Crippen LogP contribution in [0.2, 0.25) is 0 Å². The number of amides is 1. The molecule has 0 unspecified atom stereocenters. The molecule has 4 rings (SSSR count). The van der Waals surface area contributed by atoms with Gasteiger partial charge in [0.15, 0.2) is 0 Å². The molecule has 0 fully saturated rings. The molecule has 2 heterocycles. The lowest BCUT2D eigenvalue weighted by molar-refractivity contribution is 0.0706. The highest BCUT2D eigenvalue weighted by atomic mass is 16.2. The van der Waals surface area contributed by atoms with Crippen molar-refractivity contribution in [1.29, 1.82) is 0 Å².